The zero-order chi connectivity index (χ0) is 12.5. The summed E-state index contributed by atoms with van der Waals surface area (Å²) in [4.78, 5) is 4.18. The number of pyridine rings is 1. The van der Waals surface area contributed by atoms with Gasteiger partial charge in [0.15, 0.2) is 5.65 Å². The zero-order valence-electron chi connectivity index (χ0n) is 10.1. The maximum atomic E-state index is 5.66. The molecule has 0 aromatic carbocycles. The van der Waals surface area contributed by atoms with Gasteiger partial charge in [0, 0.05) is 6.04 Å². The molecule has 1 aliphatic carbocycles. The summed E-state index contributed by atoms with van der Waals surface area (Å²) in [5, 5.41) is 7.79. The van der Waals surface area contributed by atoms with Crippen LogP contribution in [0.2, 0.25) is 0 Å². The molecule has 2 heterocycles. The maximum absolute atomic E-state index is 5.66. The fourth-order valence-corrected chi connectivity index (χ4v) is 2.93. The Balaban J connectivity index is 1.96. The van der Waals surface area contributed by atoms with Crippen LogP contribution >= 0.6 is 15.9 Å². The van der Waals surface area contributed by atoms with Crippen LogP contribution in [0.25, 0.3) is 5.65 Å². The number of fused-ring (bicyclic) bond motifs is 1. The highest BCUT2D eigenvalue weighted by atomic mass is 79.9. The highest BCUT2D eigenvalue weighted by Crippen LogP contribution is 2.27. The van der Waals surface area contributed by atoms with Crippen molar-refractivity contribution in [2.24, 2.45) is 0 Å². The Kier molecular flexibility index (Phi) is 3.11. The van der Waals surface area contributed by atoms with Gasteiger partial charge in [0.1, 0.15) is 5.82 Å². The number of hydrogen-bond acceptors (Lipinski definition) is 4. The Bertz CT molecular complexity index is 559. The number of aromatic nitrogens is 3. The predicted molar refractivity (Wildman–Crippen MR) is 75.6 cm³/mol. The van der Waals surface area contributed by atoms with E-state index in [0.717, 1.165) is 15.9 Å². The van der Waals surface area contributed by atoms with Gasteiger partial charge in [-0.15, -0.1) is 5.10 Å². The van der Waals surface area contributed by atoms with E-state index in [4.69, 9.17) is 5.73 Å². The summed E-state index contributed by atoms with van der Waals surface area (Å²) >= 11 is 3.56. The molecule has 0 aliphatic heterocycles. The van der Waals surface area contributed by atoms with E-state index in [9.17, 15) is 0 Å². The lowest BCUT2D eigenvalue weighted by molar-refractivity contribution is 0.461. The van der Waals surface area contributed by atoms with Crippen molar-refractivity contribution in [1.82, 2.24) is 14.6 Å². The lowest BCUT2D eigenvalue weighted by Crippen LogP contribution is -2.24. The first kappa shape index (κ1) is 11.8. The van der Waals surface area contributed by atoms with E-state index in [2.05, 4.69) is 31.3 Å². The lowest BCUT2D eigenvalue weighted by Gasteiger charge is -2.24. The van der Waals surface area contributed by atoms with Crippen LogP contribution in [0.4, 0.5) is 11.8 Å². The first-order valence-corrected chi connectivity index (χ1v) is 7.10. The number of nitrogen functional groups attached to an aromatic ring is 1. The van der Waals surface area contributed by atoms with Gasteiger partial charge in [-0.2, -0.15) is 9.50 Å². The van der Waals surface area contributed by atoms with Crippen LogP contribution in [-0.4, -0.2) is 20.6 Å². The molecule has 0 radical (unpaired) electrons. The van der Waals surface area contributed by atoms with Gasteiger partial charge in [0.05, 0.1) is 4.47 Å². The van der Waals surface area contributed by atoms with E-state index < -0.39 is 0 Å². The Hall–Kier alpha value is -1.30. The average molecular weight is 310 g/mol. The molecule has 1 aliphatic rings. The second kappa shape index (κ2) is 4.76. The zero-order valence-corrected chi connectivity index (χ0v) is 11.7. The van der Waals surface area contributed by atoms with E-state index >= 15 is 0 Å². The molecule has 1 fully saturated rings. The van der Waals surface area contributed by atoms with E-state index in [0.29, 0.717) is 12.0 Å². The van der Waals surface area contributed by atoms with Crippen molar-refractivity contribution >= 4 is 33.3 Å². The van der Waals surface area contributed by atoms with E-state index in [1.165, 1.54) is 32.1 Å². The van der Waals surface area contributed by atoms with Crippen molar-refractivity contribution in [3.63, 3.8) is 0 Å². The summed E-state index contributed by atoms with van der Waals surface area (Å²) in [7, 11) is 0. The van der Waals surface area contributed by atoms with Gasteiger partial charge in [-0.05, 0) is 40.9 Å². The second-order valence-electron chi connectivity index (χ2n) is 4.75. The first-order chi connectivity index (χ1) is 8.74. The van der Waals surface area contributed by atoms with Crippen LogP contribution in [0.15, 0.2) is 16.6 Å². The van der Waals surface area contributed by atoms with Gasteiger partial charge < -0.3 is 11.1 Å². The molecule has 0 spiro atoms. The Labute approximate surface area is 114 Å². The Morgan fingerprint density at radius 1 is 1.28 bits per heavy atom. The number of nitrogens with two attached hydrogens (primary N) is 1. The molecule has 3 rings (SSSR count). The van der Waals surface area contributed by atoms with Crippen molar-refractivity contribution in [1.29, 1.82) is 0 Å². The summed E-state index contributed by atoms with van der Waals surface area (Å²) in [6.07, 6.45) is 6.37. The number of rotatable bonds is 2. The third-order valence-corrected chi connectivity index (χ3v) is 4.05. The van der Waals surface area contributed by atoms with Gasteiger partial charge in [0.2, 0.25) is 5.95 Å². The third kappa shape index (κ3) is 2.16. The van der Waals surface area contributed by atoms with Crippen molar-refractivity contribution in [3.05, 3.63) is 16.6 Å². The average Bonchev–Trinajstić information content (AvgIpc) is 2.75. The summed E-state index contributed by atoms with van der Waals surface area (Å²) in [6.45, 7) is 0. The largest absolute Gasteiger partial charge is 0.366 e. The van der Waals surface area contributed by atoms with Gasteiger partial charge in [-0.25, -0.2) is 0 Å². The first-order valence-electron chi connectivity index (χ1n) is 6.31. The topological polar surface area (TPSA) is 68.2 Å². The normalized spacial score (nSPS) is 17.2. The molecule has 0 atom stereocenters. The van der Waals surface area contributed by atoms with Crippen LogP contribution < -0.4 is 11.1 Å². The summed E-state index contributed by atoms with van der Waals surface area (Å²) in [5.74, 6) is 1.25. The number of anilines is 2. The van der Waals surface area contributed by atoms with E-state index in [-0.39, 0.29) is 0 Å². The van der Waals surface area contributed by atoms with Crippen LogP contribution in [-0.2, 0) is 0 Å². The van der Waals surface area contributed by atoms with Gasteiger partial charge >= 0.3 is 0 Å². The minimum absolute atomic E-state index is 0.305. The molecule has 6 heteroatoms. The number of halogens is 1. The lowest BCUT2D eigenvalue weighted by atomic mass is 9.95. The molecule has 2 aromatic heterocycles. The van der Waals surface area contributed by atoms with Gasteiger partial charge in [-0.1, -0.05) is 19.3 Å². The molecule has 0 bridgehead atoms. The van der Waals surface area contributed by atoms with E-state index in [1.54, 1.807) is 4.52 Å². The van der Waals surface area contributed by atoms with Gasteiger partial charge in [-0.3, -0.25) is 0 Å². The summed E-state index contributed by atoms with van der Waals surface area (Å²) < 4.78 is 2.76. The third-order valence-electron chi connectivity index (χ3n) is 3.41. The molecule has 18 heavy (non-hydrogen) atoms. The smallest absolute Gasteiger partial charge is 0.240 e. The minimum Gasteiger partial charge on any atom is -0.366 e. The van der Waals surface area contributed by atoms with Crippen LogP contribution in [0, 0.1) is 0 Å². The molecular weight excluding hydrogens is 294 g/mol. The van der Waals surface area contributed by atoms with Crippen molar-refractivity contribution in [2.75, 3.05) is 11.1 Å². The molecule has 0 saturated heterocycles. The second-order valence-corrected chi connectivity index (χ2v) is 5.60. The van der Waals surface area contributed by atoms with E-state index in [1.807, 2.05) is 12.1 Å². The van der Waals surface area contributed by atoms with Crippen molar-refractivity contribution in [3.8, 4) is 0 Å². The molecule has 96 valence electrons. The minimum atomic E-state index is 0.305. The standard InChI is InChI=1S/C12H16BrN5/c13-9-6-7-10-16-12(14)17-18(10)11(9)15-8-4-2-1-3-5-8/h6-8,15H,1-5H2,(H2,14,17). The molecular formula is C12H16BrN5. The molecule has 1 saturated carbocycles. The fraction of sp³-hybridized carbons (Fsp3) is 0.500. The molecule has 2 aromatic rings. The Morgan fingerprint density at radius 3 is 2.83 bits per heavy atom. The quantitative estimate of drug-likeness (QED) is 0.895. The van der Waals surface area contributed by atoms with Crippen LogP contribution in [0.5, 0.6) is 0 Å². The fourth-order valence-electron chi connectivity index (χ4n) is 2.51. The monoisotopic (exact) mass is 309 g/mol. The molecule has 3 N–H and O–H groups in total. The molecule has 0 unspecified atom stereocenters. The molecule has 0 amide bonds. The van der Waals surface area contributed by atoms with Crippen LogP contribution in [0.3, 0.4) is 0 Å². The highest BCUT2D eigenvalue weighted by molar-refractivity contribution is 9.10. The molecule has 5 nitrogen and oxygen atoms in total. The highest BCUT2D eigenvalue weighted by Gasteiger charge is 2.16. The summed E-state index contributed by atoms with van der Waals surface area (Å²) in [6, 6.07) is 4.40. The number of nitrogens with zero attached hydrogens (tertiary/aromatic N) is 3. The van der Waals surface area contributed by atoms with Crippen LogP contribution in [0.1, 0.15) is 32.1 Å². The summed E-state index contributed by atoms with van der Waals surface area (Å²) in [5.41, 5.74) is 6.43. The predicted octanol–water partition coefficient (Wildman–Crippen LogP) is 2.82. The maximum Gasteiger partial charge on any atom is 0.240 e. The SMILES string of the molecule is Nc1nc2ccc(Br)c(NC3CCCCC3)n2n1. The van der Waals surface area contributed by atoms with Crippen molar-refractivity contribution < 1.29 is 0 Å². The van der Waals surface area contributed by atoms with Gasteiger partial charge in [0.25, 0.3) is 0 Å². The number of hydrogen-bond donors (Lipinski definition) is 2. The number of nitrogens with one attached hydrogen (secondary N) is 1. The Morgan fingerprint density at radius 2 is 2.06 bits per heavy atom. The van der Waals surface area contributed by atoms with Crippen molar-refractivity contribution in [2.45, 2.75) is 38.1 Å².